The van der Waals surface area contributed by atoms with E-state index in [0.29, 0.717) is 16.3 Å². The topological polar surface area (TPSA) is 74.7 Å². The van der Waals surface area contributed by atoms with E-state index in [2.05, 4.69) is 0 Å². The highest BCUT2D eigenvalue weighted by molar-refractivity contribution is 8.14. The zero-order valence-corrected chi connectivity index (χ0v) is 13.4. The zero-order chi connectivity index (χ0) is 15.5. The number of benzene rings is 1. The lowest BCUT2D eigenvalue weighted by Crippen LogP contribution is -2.29. The number of hydrogen-bond donors (Lipinski definition) is 1. The van der Waals surface area contributed by atoms with Crippen LogP contribution in [0.25, 0.3) is 0 Å². The first-order valence-corrected chi connectivity index (χ1v) is 8.98. The molecular formula is C13H14ClNO4S2. The summed E-state index contributed by atoms with van der Waals surface area (Å²) in [6, 6.07) is 5.91. The van der Waals surface area contributed by atoms with Gasteiger partial charge in [0, 0.05) is 29.4 Å². The van der Waals surface area contributed by atoms with Gasteiger partial charge in [-0.2, -0.15) is 4.31 Å². The van der Waals surface area contributed by atoms with Gasteiger partial charge in [-0.25, -0.2) is 8.42 Å². The molecule has 0 spiro atoms. The largest absolute Gasteiger partial charge is 0.396 e. The smallest absolute Gasteiger partial charge is 0.243 e. The highest BCUT2D eigenvalue weighted by atomic mass is 35.5. The van der Waals surface area contributed by atoms with Crippen LogP contribution >= 0.6 is 23.4 Å². The van der Waals surface area contributed by atoms with Crippen molar-refractivity contribution in [2.45, 2.75) is 4.90 Å². The number of halogens is 1. The second kappa shape index (κ2) is 6.93. The second-order valence-electron chi connectivity index (χ2n) is 4.34. The van der Waals surface area contributed by atoms with Crippen LogP contribution in [0.3, 0.4) is 0 Å². The second-order valence-corrected chi connectivity index (χ2v) is 7.78. The lowest BCUT2D eigenvalue weighted by molar-refractivity contribution is -0.107. The fourth-order valence-electron chi connectivity index (χ4n) is 1.85. The number of thioether (sulfide) groups is 1. The lowest BCUT2D eigenvalue weighted by Gasteiger charge is -2.16. The summed E-state index contributed by atoms with van der Waals surface area (Å²) in [6.45, 7) is 0.143. The van der Waals surface area contributed by atoms with Gasteiger partial charge >= 0.3 is 0 Å². The van der Waals surface area contributed by atoms with E-state index in [1.807, 2.05) is 0 Å². The molecule has 1 aromatic rings. The van der Waals surface area contributed by atoms with Crippen LogP contribution < -0.4 is 0 Å². The van der Waals surface area contributed by atoms with E-state index in [4.69, 9.17) is 16.7 Å². The number of hydrogen-bond acceptors (Lipinski definition) is 5. The maximum absolute atomic E-state index is 12.4. The van der Waals surface area contributed by atoms with Crippen molar-refractivity contribution >= 4 is 38.5 Å². The summed E-state index contributed by atoms with van der Waals surface area (Å²) in [5.41, 5.74) is 0.450. The Labute approximate surface area is 132 Å². The maximum Gasteiger partial charge on any atom is 0.243 e. The number of carbonyl (C=O) groups is 1. The first-order valence-electron chi connectivity index (χ1n) is 6.18. The SMILES string of the molecule is O=C(SCCO)C1=CCN(S(=O)(=O)c2ccc(Cl)cc2)C1. The van der Waals surface area contributed by atoms with Crippen LogP contribution in [-0.2, 0) is 14.8 Å². The molecule has 0 atom stereocenters. The molecule has 0 aromatic heterocycles. The third kappa shape index (κ3) is 3.87. The molecule has 114 valence electrons. The molecule has 1 aromatic carbocycles. The van der Waals surface area contributed by atoms with Gasteiger partial charge in [0.25, 0.3) is 0 Å². The van der Waals surface area contributed by atoms with E-state index in [1.165, 1.54) is 28.6 Å². The molecule has 0 fully saturated rings. The van der Waals surface area contributed by atoms with E-state index >= 15 is 0 Å². The normalized spacial score (nSPS) is 16.0. The molecule has 0 unspecified atom stereocenters. The zero-order valence-electron chi connectivity index (χ0n) is 11.0. The van der Waals surface area contributed by atoms with Gasteiger partial charge < -0.3 is 5.11 Å². The van der Waals surface area contributed by atoms with Gasteiger partial charge in [-0.1, -0.05) is 29.4 Å². The van der Waals surface area contributed by atoms with Crippen molar-refractivity contribution < 1.29 is 18.3 Å². The number of aliphatic hydroxyl groups excluding tert-OH is 1. The van der Waals surface area contributed by atoms with Gasteiger partial charge in [-0.3, -0.25) is 4.79 Å². The Morgan fingerprint density at radius 3 is 2.62 bits per heavy atom. The third-order valence-corrected chi connectivity index (χ3v) is 5.92. The molecular weight excluding hydrogens is 334 g/mol. The van der Waals surface area contributed by atoms with Crippen molar-refractivity contribution in [1.82, 2.24) is 4.31 Å². The van der Waals surface area contributed by atoms with Gasteiger partial charge in [-0.05, 0) is 24.3 Å². The third-order valence-electron chi connectivity index (χ3n) is 2.93. The fourth-order valence-corrected chi connectivity index (χ4v) is 3.94. The molecule has 0 saturated carbocycles. The number of carbonyl (C=O) groups excluding carboxylic acids is 1. The average Bonchev–Trinajstić information content (AvgIpc) is 2.96. The standard InChI is InChI=1S/C13H14ClNO4S2/c14-11-1-3-12(4-2-11)21(18,19)15-6-5-10(9-15)13(17)20-8-7-16/h1-5,16H,6-9H2. The molecule has 0 amide bonds. The molecule has 5 nitrogen and oxygen atoms in total. The molecule has 0 radical (unpaired) electrons. The van der Waals surface area contributed by atoms with E-state index in [9.17, 15) is 13.2 Å². The predicted molar refractivity (Wildman–Crippen MR) is 82.8 cm³/mol. The van der Waals surface area contributed by atoms with Crippen molar-refractivity contribution in [2.75, 3.05) is 25.4 Å². The van der Waals surface area contributed by atoms with Crippen LogP contribution in [0.5, 0.6) is 0 Å². The van der Waals surface area contributed by atoms with Crippen LogP contribution in [0.2, 0.25) is 5.02 Å². The molecule has 0 saturated heterocycles. The summed E-state index contributed by atoms with van der Waals surface area (Å²) in [5, 5.41) is 8.97. The quantitative estimate of drug-likeness (QED) is 0.874. The lowest BCUT2D eigenvalue weighted by atomic mass is 10.3. The molecule has 2 rings (SSSR count). The number of aliphatic hydroxyl groups is 1. The molecule has 8 heteroatoms. The average molecular weight is 348 g/mol. The minimum Gasteiger partial charge on any atom is -0.396 e. The molecule has 1 heterocycles. The molecule has 1 aliphatic heterocycles. The molecule has 0 aliphatic carbocycles. The van der Waals surface area contributed by atoms with Crippen LogP contribution in [0.1, 0.15) is 0 Å². The van der Waals surface area contributed by atoms with Gasteiger partial charge in [-0.15, -0.1) is 0 Å². The fraction of sp³-hybridized carbons (Fsp3) is 0.308. The first-order chi connectivity index (χ1) is 9.95. The van der Waals surface area contributed by atoms with Crippen molar-refractivity contribution in [1.29, 1.82) is 0 Å². The Morgan fingerprint density at radius 2 is 2.00 bits per heavy atom. The van der Waals surface area contributed by atoms with Crippen LogP contribution in [0.15, 0.2) is 40.8 Å². The Hall–Kier alpha value is -0.860. The summed E-state index contributed by atoms with van der Waals surface area (Å²) < 4.78 is 26.1. The Bertz CT molecular complexity index is 655. The molecule has 1 N–H and O–H groups in total. The predicted octanol–water partition coefficient (Wildman–Crippen LogP) is 1.52. The molecule has 1 aliphatic rings. The van der Waals surface area contributed by atoms with E-state index in [0.717, 1.165) is 11.8 Å². The number of sulfonamides is 1. The van der Waals surface area contributed by atoms with Gasteiger partial charge in [0.2, 0.25) is 15.1 Å². The minimum atomic E-state index is -3.63. The van der Waals surface area contributed by atoms with Crippen molar-refractivity contribution in [3.8, 4) is 0 Å². The summed E-state index contributed by atoms with van der Waals surface area (Å²) >= 11 is 6.74. The van der Waals surface area contributed by atoms with Crippen LogP contribution in [0.4, 0.5) is 0 Å². The van der Waals surface area contributed by atoms with Gasteiger partial charge in [0.15, 0.2) is 0 Å². The Balaban J connectivity index is 2.08. The van der Waals surface area contributed by atoms with Crippen molar-refractivity contribution in [3.63, 3.8) is 0 Å². The van der Waals surface area contributed by atoms with Crippen molar-refractivity contribution in [3.05, 3.63) is 40.9 Å². The summed E-state index contributed by atoms with van der Waals surface area (Å²) in [6.07, 6.45) is 1.61. The van der Waals surface area contributed by atoms with Crippen molar-refractivity contribution in [2.24, 2.45) is 0 Å². The molecule has 0 bridgehead atoms. The maximum atomic E-state index is 12.4. The number of rotatable bonds is 5. The summed E-state index contributed by atoms with van der Waals surface area (Å²) in [7, 11) is -3.63. The first kappa shape index (κ1) is 16.5. The summed E-state index contributed by atoms with van der Waals surface area (Å²) in [5.74, 6) is 0.306. The Kier molecular flexibility index (Phi) is 5.45. The highest BCUT2D eigenvalue weighted by Crippen LogP contribution is 2.24. The summed E-state index contributed by atoms with van der Waals surface area (Å²) in [4.78, 5) is 12.0. The highest BCUT2D eigenvalue weighted by Gasteiger charge is 2.30. The van der Waals surface area contributed by atoms with Crippen LogP contribution in [-0.4, -0.2) is 48.4 Å². The van der Waals surface area contributed by atoms with E-state index in [1.54, 1.807) is 6.08 Å². The minimum absolute atomic E-state index is 0.0578. The van der Waals surface area contributed by atoms with Gasteiger partial charge in [0.1, 0.15) is 0 Å². The van der Waals surface area contributed by atoms with Crippen LogP contribution in [0, 0.1) is 0 Å². The number of nitrogens with zero attached hydrogens (tertiary/aromatic N) is 1. The Morgan fingerprint density at radius 1 is 1.33 bits per heavy atom. The van der Waals surface area contributed by atoms with E-state index in [-0.39, 0.29) is 29.7 Å². The molecule has 21 heavy (non-hydrogen) atoms. The van der Waals surface area contributed by atoms with Gasteiger partial charge in [0.05, 0.1) is 11.5 Å². The van der Waals surface area contributed by atoms with E-state index < -0.39 is 10.0 Å². The monoisotopic (exact) mass is 347 g/mol.